The Balaban J connectivity index is 1.79. The highest BCUT2D eigenvalue weighted by atomic mass is 16.5. The summed E-state index contributed by atoms with van der Waals surface area (Å²) in [5.41, 5.74) is 1.62. The van der Waals surface area contributed by atoms with Crippen molar-refractivity contribution in [1.82, 2.24) is 10.3 Å². The molecule has 2 unspecified atom stereocenters. The van der Waals surface area contributed by atoms with Gasteiger partial charge in [-0.2, -0.15) is 0 Å². The van der Waals surface area contributed by atoms with Crippen LogP contribution in [0.1, 0.15) is 28.9 Å². The maximum absolute atomic E-state index is 12.5. The van der Waals surface area contributed by atoms with Crippen molar-refractivity contribution < 1.29 is 9.53 Å². The zero-order chi connectivity index (χ0) is 12.5. The van der Waals surface area contributed by atoms with E-state index in [-0.39, 0.29) is 11.7 Å². The van der Waals surface area contributed by atoms with Gasteiger partial charge < -0.3 is 10.1 Å². The number of morpholine rings is 1. The fourth-order valence-electron chi connectivity index (χ4n) is 3.02. The van der Waals surface area contributed by atoms with Gasteiger partial charge in [0.25, 0.3) is 0 Å². The minimum atomic E-state index is 0.119. The standard InChI is InChI=1S/C14H18N2O2/c1-9-13(3-2-4-15-9)14(17)10-5-11-7-18-8-12(6-10)16-11/h2-4,10-12,16H,5-8H2,1H3. The minimum absolute atomic E-state index is 0.119. The Morgan fingerprint density at radius 1 is 1.39 bits per heavy atom. The van der Waals surface area contributed by atoms with Crippen molar-refractivity contribution in [3.63, 3.8) is 0 Å². The lowest BCUT2D eigenvalue weighted by Gasteiger charge is -2.39. The van der Waals surface area contributed by atoms with Crippen molar-refractivity contribution in [2.45, 2.75) is 31.8 Å². The Morgan fingerprint density at radius 3 is 2.78 bits per heavy atom. The summed E-state index contributed by atoms with van der Waals surface area (Å²) in [5, 5.41) is 3.51. The number of rotatable bonds is 2. The van der Waals surface area contributed by atoms with Crippen LogP contribution in [0.15, 0.2) is 18.3 Å². The lowest BCUT2D eigenvalue weighted by molar-refractivity contribution is 0.00951. The topological polar surface area (TPSA) is 51.2 Å². The predicted octanol–water partition coefficient (Wildman–Crippen LogP) is 1.34. The quantitative estimate of drug-likeness (QED) is 0.800. The van der Waals surface area contributed by atoms with Crippen LogP contribution in [0.25, 0.3) is 0 Å². The maximum Gasteiger partial charge on any atom is 0.167 e. The van der Waals surface area contributed by atoms with Crippen molar-refractivity contribution >= 4 is 5.78 Å². The highest BCUT2D eigenvalue weighted by Crippen LogP contribution is 2.27. The van der Waals surface area contributed by atoms with Gasteiger partial charge >= 0.3 is 0 Å². The van der Waals surface area contributed by atoms with Crippen molar-refractivity contribution in [2.24, 2.45) is 5.92 Å². The molecule has 4 nitrogen and oxygen atoms in total. The van der Waals surface area contributed by atoms with Crippen LogP contribution in [0.4, 0.5) is 0 Å². The van der Waals surface area contributed by atoms with Gasteiger partial charge in [0.15, 0.2) is 5.78 Å². The van der Waals surface area contributed by atoms with E-state index in [2.05, 4.69) is 10.3 Å². The molecule has 2 bridgehead atoms. The first-order chi connectivity index (χ1) is 8.74. The third kappa shape index (κ3) is 2.18. The molecule has 3 heterocycles. The van der Waals surface area contributed by atoms with Crippen LogP contribution < -0.4 is 5.32 Å². The average Bonchev–Trinajstić information content (AvgIpc) is 2.38. The number of ketones is 1. The van der Waals surface area contributed by atoms with E-state index in [0.29, 0.717) is 12.1 Å². The Labute approximate surface area is 107 Å². The molecule has 1 N–H and O–H groups in total. The third-order valence-electron chi connectivity index (χ3n) is 3.89. The number of hydrogen-bond donors (Lipinski definition) is 1. The molecule has 0 radical (unpaired) electrons. The molecule has 0 aliphatic carbocycles. The van der Waals surface area contributed by atoms with E-state index in [4.69, 9.17) is 4.74 Å². The molecule has 0 amide bonds. The van der Waals surface area contributed by atoms with E-state index in [1.54, 1.807) is 6.20 Å². The van der Waals surface area contributed by atoms with Gasteiger partial charge in [0, 0.05) is 35.5 Å². The third-order valence-corrected chi connectivity index (χ3v) is 3.89. The summed E-state index contributed by atoms with van der Waals surface area (Å²) in [7, 11) is 0. The highest BCUT2D eigenvalue weighted by Gasteiger charge is 2.35. The highest BCUT2D eigenvalue weighted by molar-refractivity contribution is 5.98. The number of nitrogens with zero attached hydrogens (tertiary/aromatic N) is 1. The minimum Gasteiger partial charge on any atom is -0.378 e. The van der Waals surface area contributed by atoms with Gasteiger partial charge in [-0.25, -0.2) is 0 Å². The molecule has 18 heavy (non-hydrogen) atoms. The summed E-state index contributed by atoms with van der Waals surface area (Å²) < 4.78 is 5.51. The summed E-state index contributed by atoms with van der Waals surface area (Å²) in [5.74, 6) is 0.368. The van der Waals surface area contributed by atoms with Crippen LogP contribution >= 0.6 is 0 Å². The summed E-state index contributed by atoms with van der Waals surface area (Å²) in [4.78, 5) is 16.7. The summed E-state index contributed by atoms with van der Waals surface area (Å²) in [6, 6.07) is 4.40. The molecule has 1 aromatic rings. The summed E-state index contributed by atoms with van der Waals surface area (Å²) >= 11 is 0. The zero-order valence-electron chi connectivity index (χ0n) is 10.6. The van der Waals surface area contributed by atoms with Crippen molar-refractivity contribution in [3.8, 4) is 0 Å². The van der Waals surface area contributed by atoms with Crippen molar-refractivity contribution in [2.75, 3.05) is 13.2 Å². The number of ether oxygens (including phenoxy) is 1. The number of Topliss-reactive ketones (excluding diaryl/α,β-unsaturated/α-hetero) is 1. The van der Waals surface area contributed by atoms with Crippen molar-refractivity contribution in [3.05, 3.63) is 29.6 Å². The molecule has 1 aromatic heterocycles. The fourth-order valence-corrected chi connectivity index (χ4v) is 3.02. The molecule has 0 aromatic carbocycles. The smallest absolute Gasteiger partial charge is 0.167 e. The average molecular weight is 246 g/mol. The Morgan fingerprint density at radius 2 is 2.11 bits per heavy atom. The van der Waals surface area contributed by atoms with Crippen LogP contribution in [0.3, 0.4) is 0 Å². The fraction of sp³-hybridized carbons (Fsp3) is 0.571. The van der Waals surface area contributed by atoms with Gasteiger partial charge in [0.2, 0.25) is 0 Å². The van der Waals surface area contributed by atoms with Gasteiger partial charge in [0.1, 0.15) is 0 Å². The number of aryl methyl sites for hydroxylation is 1. The van der Waals surface area contributed by atoms with Gasteiger partial charge in [-0.3, -0.25) is 9.78 Å². The number of fused-ring (bicyclic) bond motifs is 2. The van der Waals surface area contributed by atoms with E-state index in [0.717, 1.165) is 37.3 Å². The molecule has 2 saturated heterocycles. The predicted molar refractivity (Wildman–Crippen MR) is 67.6 cm³/mol. The van der Waals surface area contributed by atoms with Crippen molar-refractivity contribution in [1.29, 1.82) is 0 Å². The first kappa shape index (κ1) is 11.8. The first-order valence-electron chi connectivity index (χ1n) is 6.53. The maximum atomic E-state index is 12.5. The van der Waals surface area contributed by atoms with Gasteiger partial charge in [-0.05, 0) is 31.9 Å². The van der Waals surface area contributed by atoms with Gasteiger partial charge in [0.05, 0.1) is 13.2 Å². The lowest BCUT2D eigenvalue weighted by Crippen LogP contribution is -2.55. The monoisotopic (exact) mass is 246 g/mol. The summed E-state index contributed by atoms with van der Waals surface area (Å²) in [6.45, 7) is 3.36. The largest absolute Gasteiger partial charge is 0.378 e. The molecule has 2 aliphatic heterocycles. The Kier molecular flexibility index (Phi) is 3.14. The second kappa shape index (κ2) is 4.78. The van der Waals surface area contributed by atoms with E-state index in [9.17, 15) is 4.79 Å². The molecule has 3 rings (SSSR count). The molecule has 0 spiro atoms. The Bertz CT molecular complexity index is 449. The SMILES string of the molecule is Cc1ncccc1C(=O)C1CC2COCC(C1)N2. The van der Waals surface area contributed by atoms with Crippen LogP contribution in [0, 0.1) is 12.8 Å². The zero-order valence-corrected chi connectivity index (χ0v) is 10.6. The molecular weight excluding hydrogens is 228 g/mol. The van der Waals surface area contributed by atoms with Gasteiger partial charge in [-0.1, -0.05) is 0 Å². The molecular formula is C14H18N2O2. The van der Waals surface area contributed by atoms with Crippen LogP contribution in [0.5, 0.6) is 0 Å². The normalized spacial score (nSPS) is 31.1. The molecule has 2 aliphatic rings. The molecule has 2 atom stereocenters. The molecule has 2 fully saturated rings. The second-order valence-electron chi connectivity index (χ2n) is 5.27. The van der Waals surface area contributed by atoms with Crippen LogP contribution in [0.2, 0.25) is 0 Å². The van der Waals surface area contributed by atoms with Crippen LogP contribution in [-0.4, -0.2) is 36.1 Å². The number of hydrogen-bond acceptors (Lipinski definition) is 4. The van der Waals surface area contributed by atoms with Crippen LogP contribution in [-0.2, 0) is 4.74 Å². The number of carbonyl (C=O) groups excluding carboxylic acids is 1. The lowest BCUT2D eigenvalue weighted by atomic mass is 9.82. The van der Waals surface area contributed by atoms with E-state index in [1.165, 1.54) is 0 Å². The number of carbonyl (C=O) groups is 1. The molecule has 0 saturated carbocycles. The summed E-state index contributed by atoms with van der Waals surface area (Å²) in [6.07, 6.45) is 3.49. The number of nitrogens with one attached hydrogen (secondary N) is 1. The Hall–Kier alpha value is -1.26. The van der Waals surface area contributed by atoms with E-state index < -0.39 is 0 Å². The second-order valence-corrected chi connectivity index (χ2v) is 5.27. The first-order valence-corrected chi connectivity index (χ1v) is 6.53. The molecule has 4 heteroatoms. The number of aromatic nitrogens is 1. The molecule has 96 valence electrons. The van der Waals surface area contributed by atoms with E-state index in [1.807, 2.05) is 19.1 Å². The van der Waals surface area contributed by atoms with Gasteiger partial charge in [-0.15, -0.1) is 0 Å². The number of piperidine rings is 1. The van der Waals surface area contributed by atoms with E-state index >= 15 is 0 Å². The number of pyridine rings is 1.